The van der Waals surface area contributed by atoms with E-state index in [1.807, 2.05) is 18.1 Å². The molecule has 0 amide bonds. The zero-order chi connectivity index (χ0) is 14.8. The van der Waals surface area contributed by atoms with Gasteiger partial charge in [0, 0.05) is 19.2 Å². The Labute approximate surface area is 124 Å². The van der Waals surface area contributed by atoms with Gasteiger partial charge in [-0.2, -0.15) is 5.26 Å². The number of aromatic nitrogens is 3. The highest BCUT2D eigenvalue weighted by atomic mass is 32.1. The van der Waals surface area contributed by atoms with Gasteiger partial charge in [-0.3, -0.25) is 0 Å². The minimum Gasteiger partial charge on any atom is -0.349 e. The highest BCUT2D eigenvalue weighted by Crippen LogP contribution is 2.26. The Hall–Kier alpha value is -2.46. The second-order valence-corrected chi connectivity index (χ2v) is 5.51. The van der Waals surface area contributed by atoms with E-state index in [2.05, 4.69) is 16.2 Å². The van der Waals surface area contributed by atoms with Gasteiger partial charge in [0.1, 0.15) is 5.82 Å². The number of hydrogen-bond donors (Lipinski definition) is 0. The number of benzene rings is 1. The molecule has 0 spiro atoms. The van der Waals surface area contributed by atoms with Gasteiger partial charge in [-0.25, -0.2) is 13.9 Å². The van der Waals surface area contributed by atoms with Gasteiger partial charge in [-0.15, -0.1) is 5.10 Å². The molecule has 106 valence electrons. The molecule has 3 rings (SSSR count). The third-order valence-corrected chi connectivity index (χ3v) is 4.09. The van der Waals surface area contributed by atoms with E-state index in [9.17, 15) is 4.39 Å². The average molecular weight is 301 g/mol. The monoisotopic (exact) mass is 301 g/mol. The summed E-state index contributed by atoms with van der Waals surface area (Å²) in [6, 6.07) is 8.33. The Balaban J connectivity index is 1.87. The maximum absolute atomic E-state index is 12.9. The molecule has 0 N–H and O–H groups in total. The predicted octanol–water partition coefficient (Wildman–Crippen LogP) is 2.95. The molecule has 21 heavy (non-hydrogen) atoms. The molecule has 0 aliphatic rings. The summed E-state index contributed by atoms with van der Waals surface area (Å²) < 4.78 is 14.6. The van der Waals surface area contributed by atoms with Crippen LogP contribution in [-0.4, -0.2) is 28.2 Å². The Morgan fingerprint density at radius 1 is 1.38 bits per heavy atom. The Kier molecular flexibility index (Phi) is 3.54. The molecule has 2 aromatic heterocycles. The summed E-state index contributed by atoms with van der Waals surface area (Å²) in [6.45, 7) is 0.637. The van der Waals surface area contributed by atoms with Crippen molar-refractivity contribution >= 4 is 21.4 Å². The van der Waals surface area contributed by atoms with Crippen molar-refractivity contribution < 1.29 is 4.39 Å². The van der Waals surface area contributed by atoms with Gasteiger partial charge in [-0.05, 0) is 24.3 Å². The molecule has 1 aromatic carbocycles. The van der Waals surface area contributed by atoms with Crippen LogP contribution in [0.3, 0.4) is 0 Å². The largest absolute Gasteiger partial charge is 0.349 e. The summed E-state index contributed by atoms with van der Waals surface area (Å²) in [5.41, 5.74) is 1.62. The van der Waals surface area contributed by atoms with E-state index < -0.39 is 0 Å². The first-order chi connectivity index (χ1) is 10.2. The Morgan fingerprint density at radius 2 is 2.14 bits per heavy atom. The lowest BCUT2D eigenvalue weighted by Gasteiger charge is -2.11. The second-order valence-electron chi connectivity index (χ2n) is 4.57. The second kappa shape index (κ2) is 5.50. The van der Waals surface area contributed by atoms with Gasteiger partial charge in [0.25, 0.3) is 0 Å². The number of hydrogen-bond acceptors (Lipinski definition) is 5. The molecular weight excluding hydrogens is 289 g/mol. The molecule has 0 bridgehead atoms. The topological polar surface area (TPSA) is 57.2 Å². The molecule has 0 atom stereocenters. The molecule has 0 saturated heterocycles. The summed E-state index contributed by atoms with van der Waals surface area (Å²) in [5.74, 6) is -0.265. The molecular formula is C14H12FN5S. The lowest BCUT2D eigenvalue weighted by molar-refractivity contribution is 0.628. The summed E-state index contributed by atoms with van der Waals surface area (Å²) in [6.07, 6.45) is 2.28. The molecule has 2 heterocycles. The maximum Gasteiger partial charge on any atom is 0.214 e. The van der Waals surface area contributed by atoms with Crippen molar-refractivity contribution in [2.45, 2.75) is 6.42 Å². The molecule has 0 aliphatic carbocycles. The fourth-order valence-corrected chi connectivity index (χ4v) is 2.79. The zero-order valence-corrected chi connectivity index (χ0v) is 12.1. The minimum atomic E-state index is -0.265. The SMILES string of the molecule is CN(CCC#N)c1nn2cc(-c3ccc(F)cc3)nc2s1. The van der Waals surface area contributed by atoms with Crippen molar-refractivity contribution in [2.75, 3.05) is 18.5 Å². The number of fused-ring (bicyclic) bond motifs is 1. The quantitative estimate of drug-likeness (QED) is 0.743. The van der Waals surface area contributed by atoms with E-state index in [0.717, 1.165) is 21.3 Å². The van der Waals surface area contributed by atoms with Crippen LogP contribution >= 0.6 is 11.3 Å². The zero-order valence-electron chi connectivity index (χ0n) is 11.3. The van der Waals surface area contributed by atoms with Crippen molar-refractivity contribution in [1.29, 1.82) is 5.26 Å². The van der Waals surface area contributed by atoms with E-state index in [1.54, 1.807) is 16.6 Å². The van der Waals surface area contributed by atoms with Crippen molar-refractivity contribution in [1.82, 2.24) is 14.6 Å². The van der Waals surface area contributed by atoms with E-state index >= 15 is 0 Å². The molecule has 0 aliphatic heterocycles. The van der Waals surface area contributed by atoms with Gasteiger partial charge in [-0.1, -0.05) is 11.3 Å². The van der Waals surface area contributed by atoms with Gasteiger partial charge in [0.15, 0.2) is 0 Å². The molecule has 0 unspecified atom stereocenters. The normalized spacial score (nSPS) is 10.7. The summed E-state index contributed by atoms with van der Waals surface area (Å²) in [4.78, 5) is 7.20. The summed E-state index contributed by atoms with van der Waals surface area (Å²) >= 11 is 1.46. The van der Waals surface area contributed by atoms with E-state index in [4.69, 9.17) is 5.26 Å². The van der Waals surface area contributed by atoms with Gasteiger partial charge in [0.2, 0.25) is 10.1 Å². The third-order valence-electron chi connectivity index (χ3n) is 3.06. The Bertz CT molecular complexity index is 767. The number of rotatable bonds is 4. The van der Waals surface area contributed by atoms with Crippen LogP contribution in [0.5, 0.6) is 0 Å². The third kappa shape index (κ3) is 2.71. The molecule has 0 fully saturated rings. The highest BCUT2D eigenvalue weighted by molar-refractivity contribution is 7.20. The van der Waals surface area contributed by atoms with Crippen LogP contribution in [0.15, 0.2) is 30.5 Å². The van der Waals surface area contributed by atoms with Crippen molar-refractivity contribution in [3.05, 3.63) is 36.3 Å². The van der Waals surface area contributed by atoms with Crippen LogP contribution in [0, 0.1) is 17.1 Å². The van der Waals surface area contributed by atoms with Crippen LogP contribution in [-0.2, 0) is 0 Å². The van der Waals surface area contributed by atoms with Crippen molar-refractivity contribution in [3.8, 4) is 17.3 Å². The first kappa shape index (κ1) is 13.5. The fraction of sp³-hybridized carbons (Fsp3) is 0.214. The van der Waals surface area contributed by atoms with Gasteiger partial charge >= 0.3 is 0 Å². The molecule has 0 saturated carbocycles. The smallest absolute Gasteiger partial charge is 0.214 e. The van der Waals surface area contributed by atoms with Crippen LogP contribution in [0.25, 0.3) is 16.2 Å². The van der Waals surface area contributed by atoms with Crippen LogP contribution in [0.2, 0.25) is 0 Å². The lowest BCUT2D eigenvalue weighted by atomic mass is 10.2. The van der Waals surface area contributed by atoms with E-state index in [0.29, 0.717) is 13.0 Å². The van der Waals surface area contributed by atoms with Crippen LogP contribution in [0.1, 0.15) is 6.42 Å². The first-order valence-electron chi connectivity index (χ1n) is 6.37. The first-order valence-corrected chi connectivity index (χ1v) is 7.19. The molecule has 3 aromatic rings. The number of anilines is 1. The number of halogens is 1. The maximum atomic E-state index is 12.9. The van der Waals surface area contributed by atoms with E-state index in [-0.39, 0.29) is 5.82 Å². The minimum absolute atomic E-state index is 0.265. The highest BCUT2D eigenvalue weighted by Gasteiger charge is 2.12. The summed E-state index contributed by atoms with van der Waals surface area (Å²) in [7, 11) is 1.90. The van der Waals surface area contributed by atoms with Crippen LogP contribution < -0.4 is 4.90 Å². The fourth-order valence-electron chi connectivity index (χ4n) is 1.92. The van der Waals surface area contributed by atoms with Gasteiger partial charge in [0.05, 0.1) is 24.4 Å². The molecule has 7 heteroatoms. The number of imidazole rings is 1. The number of nitrogens with zero attached hydrogens (tertiary/aromatic N) is 5. The molecule has 0 radical (unpaired) electrons. The standard InChI is InChI=1S/C14H12FN5S/c1-19(8-2-7-16)14-18-20-9-12(17-13(20)21-14)10-3-5-11(15)6-4-10/h3-6,9H,2,8H2,1H3. The molecule has 5 nitrogen and oxygen atoms in total. The summed E-state index contributed by atoms with van der Waals surface area (Å²) in [5, 5.41) is 13.9. The van der Waals surface area contributed by atoms with Crippen molar-refractivity contribution in [3.63, 3.8) is 0 Å². The Morgan fingerprint density at radius 3 is 2.81 bits per heavy atom. The van der Waals surface area contributed by atoms with Crippen LogP contribution in [0.4, 0.5) is 9.52 Å². The predicted molar refractivity (Wildman–Crippen MR) is 79.8 cm³/mol. The number of nitriles is 1. The van der Waals surface area contributed by atoms with E-state index in [1.165, 1.54) is 23.5 Å². The van der Waals surface area contributed by atoms with Gasteiger partial charge < -0.3 is 4.90 Å². The average Bonchev–Trinajstić information content (AvgIpc) is 3.04. The van der Waals surface area contributed by atoms with Crippen molar-refractivity contribution in [2.24, 2.45) is 0 Å². The lowest BCUT2D eigenvalue weighted by Crippen LogP contribution is -2.17.